The fourth-order valence-electron chi connectivity index (χ4n) is 2.79. The number of aromatic amines is 1. The fourth-order valence-corrected chi connectivity index (χ4v) is 2.79. The Morgan fingerprint density at radius 2 is 2.21 bits per heavy atom. The van der Waals surface area contributed by atoms with Crippen molar-refractivity contribution in [3.05, 3.63) is 41.7 Å². The molecule has 1 unspecified atom stereocenters. The SMILES string of the molecule is CCC1CNC=C(C(=O)O)c2[nH]c3ccccc3c21. The highest BCUT2D eigenvalue weighted by Gasteiger charge is 2.26. The molecule has 3 N–H and O–H groups in total. The van der Waals surface area contributed by atoms with Gasteiger partial charge in [-0.1, -0.05) is 25.1 Å². The van der Waals surface area contributed by atoms with E-state index in [0.717, 1.165) is 35.1 Å². The number of hydrogen-bond donors (Lipinski definition) is 3. The molecule has 2 aromatic rings. The number of hydrogen-bond acceptors (Lipinski definition) is 2. The smallest absolute Gasteiger partial charge is 0.339 e. The molecular formula is C15H16N2O2. The minimum Gasteiger partial charge on any atom is -0.478 e. The summed E-state index contributed by atoms with van der Waals surface area (Å²) in [7, 11) is 0. The second kappa shape index (κ2) is 4.46. The molecule has 1 aliphatic heterocycles. The van der Waals surface area contributed by atoms with Gasteiger partial charge in [-0.15, -0.1) is 0 Å². The Labute approximate surface area is 111 Å². The molecule has 19 heavy (non-hydrogen) atoms. The van der Waals surface area contributed by atoms with E-state index in [1.165, 1.54) is 0 Å². The molecule has 0 fully saturated rings. The first kappa shape index (κ1) is 11.8. The lowest BCUT2D eigenvalue weighted by atomic mass is 9.92. The first-order valence-corrected chi connectivity index (χ1v) is 6.50. The van der Waals surface area contributed by atoms with Crippen LogP contribution in [0.15, 0.2) is 30.5 Å². The molecule has 1 aromatic heterocycles. The zero-order valence-corrected chi connectivity index (χ0v) is 10.7. The average Bonchev–Trinajstić information content (AvgIpc) is 2.67. The third-order valence-corrected chi connectivity index (χ3v) is 3.76. The molecule has 1 atom stereocenters. The highest BCUT2D eigenvalue weighted by Crippen LogP contribution is 2.35. The maximum Gasteiger partial charge on any atom is 0.339 e. The monoisotopic (exact) mass is 256 g/mol. The molecular weight excluding hydrogens is 240 g/mol. The van der Waals surface area contributed by atoms with Gasteiger partial charge in [0.25, 0.3) is 0 Å². The normalized spacial score (nSPS) is 18.4. The van der Waals surface area contributed by atoms with Gasteiger partial charge in [0, 0.05) is 29.6 Å². The molecule has 0 aliphatic carbocycles. The van der Waals surface area contributed by atoms with Crippen molar-refractivity contribution < 1.29 is 9.90 Å². The second-order valence-electron chi connectivity index (χ2n) is 4.84. The Balaban J connectivity index is 2.31. The highest BCUT2D eigenvalue weighted by atomic mass is 16.4. The Kier molecular flexibility index (Phi) is 2.78. The van der Waals surface area contributed by atoms with E-state index in [4.69, 9.17) is 0 Å². The van der Waals surface area contributed by atoms with Crippen molar-refractivity contribution in [1.29, 1.82) is 0 Å². The van der Waals surface area contributed by atoms with Gasteiger partial charge in [-0.3, -0.25) is 0 Å². The van der Waals surface area contributed by atoms with E-state index >= 15 is 0 Å². The quantitative estimate of drug-likeness (QED) is 0.774. The predicted molar refractivity (Wildman–Crippen MR) is 74.9 cm³/mol. The van der Waals surface area contributed by atoms with Crippen LogP contribution in [0.5, 0.6) is 0 Å². The molecule has 0 amide bonds. The lowest BCUT2D eigenvalue weighted by Gasteiger charge is -2.13. The second-order valence-corrected chi connectivity index (χ2v) is 4.84. The molecule has 0 bridgehead atoms. The fraction of sp³-hybridized carbons (Fsp3) is 0.267. The van der Waals surface area contributed by atoms with E-state index in [2.05, 4.69) is 23.3 Å². The number of benzene rings is 1. The van der Waals surface area contributed by atoms with Crippen LogP contribution in [0, 0.1) is 0 Å². The molecule has 0 radical (unpaired) electrons. The highest BCUT2D eigenvalue weighted by molar-refractivity contribution is 6.16. The van der Waals surface area contributed by atoms with Crippen molar-refractivity contribution in [2.75, 3.05) is 6.54 Å². The lowest BCUT2D eigenvalue weighted by Crippen LogP contribution is -2.14. The summed E-state index contributed by atoms with van der Waals surface area (Å²) in [5, 5.41) is 13.6. The predicted octanol–water partition coefficient (Wildman–Crippen LogP) is 2.69. The minimum absolute atomic E-state index is 0.308. The summed E-state index contributed by atoms with van der Waals surface area (Å²) in [6.45, 7) is 2.89. The van der Waals surface area contributed by atoms with E-state index in [-0.39, 0.29) is 0 Å². The summed E-state index contributed by atoms with van der Waals surface area (Å²) < 4.78 is 0. The molecule has 0 spiro atoms. The number of H-pyrrole nitrogens is 1. The number of aliphatic carboxylic acids is 1. The van der Waals surface area contributed by atoms with Crippen LogP contribution in [0.1, 0.15) is 30.5 Å². The van der Waals surface area contributed by atoms with Crippen LogP contribution in [0.3, 0.4) is 0 Å². The maximum absolute atomic E-state index is 11.4. The summed E-state index contributed by atoms with van der Waals surface area (Å²) in [5.41, 5.74) is 3.17. The number of carbonyl (C=O) groups is 1. The van der Waals surface area contributed by atoms with E-state index < -0.39 is 5.97 Å². The number of aromatic nitrogens is 1. The van der Waals surface area contributed by atoms with Crippen molar-refractivity contribution in [2.45, 2.75) is 19.3 Å². The Morgan fingerprint density at radius 1 is 1.42 bits per heavy atom. The van der Waals surface area contributed by atoms with E-state index in [9.17, 15) is 9.90 Å². The molecule has 4 heteroatoms. The summed E-state index contributed by atoms with van der Waals surface area (Å²) in [5.74, 6) is -0.587. The third-order valence-electron chi connectivity index (χ3n) is 3.76. The van der Waals surface area contributed by atoms with Crippen LogP contribution >= 0.6 is 0 Å². The number of fused-ring (bicyclic) bond motifs is 3. The van der Waals surface area contributed by atoms with E-state index in [1.54, 1.807) is 6.20 Å². The molecule has 4 nitrogen and oxygen atoms in total. The molecule has 1 aromatic carbocycles. The van der Waals surface area contributed by atoms with Crippen molar-refractivity contribution >= 4 is 22.4 Å². The number of nitrogens with one attached hydrogen (secondary N) is 2. The van der Waals surface area contributed by atoms with Crippen molar-refractivity contribution in [1.82, 2.24) is 10.3 Å². The van der Waals surface area contributed by atoms with Crippen molar-refractivity contribution in [3.63, 3.8) is 0 Å². The Bertz CT molecular complexity index is 670. The van der Waals surface area contributed by atoms with Gasteiger partial charge in [-0.2, -0.15) is 0 Å². The number of carboxylic acids is 1. The van der Waals surface area contributed by atoms with Gasteiger partial charge in [0.2, 0.25) is 0 Å². The Morgan fingerprint density at radius 3 is 2.95 bits per heavy atom. The minimum atomic E-state index is -0.906. The lowest BCUT2D eigenvalue weighted by molar-refractivity contribution is -0.130. The average molecular weight is 256 g/mol. The van der Waals surface area contributed by atoms with Crippen LogP contribution in [-0.4, -0.2) is 22.6 Å². The Hall–Kier alpha value is -2.23. The van der Waals surface area contributed by atoms with Gasteiger partial charge in [0.15, 0.2) is 0 Å². The van der Waals surface area contributed by atoms with Gasteiger partial charge in [-0.05, 0) is 18.1 Å². The van der Waals surface area contributed by atoms with Gasteiger partial charge in [-0.25, -0.2) is 4.79 Å². The van der Waals surface area contributed by atoms with Gasteiger partial charge >= 0.3 is 5.97 Å². The van der Waals surface area contributed by atoms with Crippen LogP contribution in [0.4, 0.5) is 0 Å². The number of rotatable bonds is 2. The molecule has 2 heterocycles. The van der Waals surface area contributed by atoms with Gasteiger partial charge < -0.3 is 15.4 Å². The molecule has 98 valence electrons. The van der Waals surface area contributed by atoms with E-state index in [0.29, 0.717) is 11.5 Å². The molecule has 1 aliphatic rings. The molecule has 3 rings (SSSR count). The first-order valence-electron chi connectivity index (χ1n) is 6.50. The summed E-state index contributed by atoms with van der Waals surface area (Å²) >= 11 is 0. The molecule has 0 saturated carbocycles. The first-order chi connectivity index (χ1) is 9.22. The van der Waals surface area contributed by atoms with E-state index in [1.807, 2.05) is 18.2 Å². The largest absolute Gasteiger partial charge is 0.478 e. The third kappa shape index (κ3) is 1.80. The van der Waals surface area contributed by atoms with Gasteiger partial charge in [0.1, 0.15) is 0 Å². The number of para-hydroxylation sites is 1. The van der Waals surface area contributed by atoms with Crippen LogP contribution in [0.2, 0.25) is 0 Å². The van der Waals surface area contributed by atoms with Crippen molar-refractivity contribution in [3.8, 4) is 0 Å². The van der Waals surface area contributed by atoms with Gasteiger partial charge in [0.05, 0.1) is 11.3 Å². The zero-order valence-electron chi connectivity index (χ0n) is 10.7. The molecule has 0 saturated heterocycles. The standard InChI is InChI=1S/C15H16N2O2/c1-2-9-7-16-8-11(15(18)19)14-13(9)10-5-3-4-6-12(10)17-14/h3-6,8-9,16-17H,2,7H2,1H3,(H,18,19). The summed E-state index contributed by atoms with van der Waals surface area (Å²) in [6, 6.07) is 7.99. The van der Waals surface area contributed by atoms with Crippen LogP contribution in [-0.2, 0) is 4.79 Å². The summed E-state index contributed by atoms with van der Waals surface area (Å²) in [4.78, 5) is 14.7. The van der Waals surface area contributed by atoms with Crippen molar-refractivity contribution in [2.24, 2.45) is 0 Å². The van der Waals surface area contributed by atoms with Crippen LogP contribution in [0.25, 0.3) is 16.5 Å². The van der Waals surface area contributed by atoms with Crippen LogP contribution < -0.4 is 5.32 Å². The topological polar surface area (TPSA) is 65.1 Å². The zero-order chi connectivity index (χ0) is 13.4. The summed E-state index contributed by atoms with van der Waals surface area (Å²) in [6.07, 6.45) is 2.58. The number of carboxylic acid groups (broad SMARTS) is 1. The maximum atomic E-state index is 11.4.